The molecule has 0 unspecified atom stereocenters. The summed E-state index contributed by atoms with van der Waals surface area (Å²) in [5.74, 6) is 2.17. The number of nitrogens with one attached hydrogen (secondary N) is 1. The molecule has 0 bridgehead atoms. The summed E-state index contributed by atoms with van der Waals surface area (Å²) < 4.78 is 0. The van der Waals surface area contributed by atoms with E-state index in [0.29, 0.717) is 0 Å². The average Bonchev–Trinajstić information content (AvgIpc) is 3.03. The van der Waals surface area contributed by atoms with E-state index in [1.807, 2.05) is 12.3 Å². The summed E-state index contributed by atoms with van der Waals surface area (Å²) in [6, 6.07) is 12.5. The number of nitrogens with zero attached hydrogens (tertiary/aromatic N) is 4. The highest BCUT2D eigenvalue weighted by Crippen LogP contribution is 2.15. The Morgan fingerprint density at radius 2 is 1.96 bits per heavy atom. The first kappa shape index (κ1) is 15.1. The van der Waals surface area contributed by atoms with Gasteiger partial charge in [-0.1, -0.05) is 12.1 Å². The third-order valence-electron chi connectivity index (χ3n) is 4.70. The molecule has 3 heterocycles. The van der Waals surface area contributed by atoms with E-state index in [-0.39, 0.29) is 0 Å². The van der Waals surface area contributed by atoms with Gasteiger partial charge in [-0.15, -0.1) is 0 Å². The predicted octanol–water partition coefficient (Wildman–Crippen LogP) is 2.63. The van der Waals surface area contributed by atoms with E-state index >= 15 is 0 Å². The van der Waals surface area contributed by atoms with E-state index in [2.05, 4.69) is 57.0 Å². The number of aryl methyl sites for hydroxylation is 1. The Bertz CT molecular complexity index is 803. The minimum Gasteiger partial charge on any atom is -0.354 e. The van der Waals surface area contributed by atoms with Gasteiger partial charge in [-0.25, -0.2) is 9.97 Å². The standard InChI is InChI=1S/C19H23N5/c1-15-5-6-16-17(14-15)22-18(21-16)7-9-23-10-12-24(13-11-23)19-4-2-3-8-20-19/h2-6,8,14H,7,9-13H2,1H3,(H,21,22). The minimum atomic E-state index is 0.970. The first-order chi connectivity index (χ1) is 11.8. The zero-order chi connectivity index (χ0) is 16.4. The lowest BCUT2D eigenvalue weighted by Gasteiger charge is -2.35. The van der Waals surface area contributed by atoms with Gasteiger partial charge < -0.3 is 9.88 Å². The molecule has 0 radical (unpaired) electrons. The Balaban J connectivity index is 1.32. The van der Waals surface area contributed by atoms with Gasteiger partial charge in [0.15, 0.2) is 0 Å². The summed E-state index contributed by atoms with van der Waals surface area (Å²) in [4.78, 5) is 17.5. The molecule has 1 aliphatic rings. The van der Waals surface area contributed by atoms with Crippen LogP contribution in [0.15, 0.2) is 42.6 Å². The highest BCUT2D eigenvalue weighted by molar-refractivity contribution is 5.75. The zero-order valence-electron chi connectivity index (χ0n) is 14.1. The number of H-pyrrole nitrogens is 1. The molecule has 0 amide bonds. The first-order valence-electron chi connectivity index (χ1n) is 8.61. The molecule has 0 spiro atoms. The van der Waals surface area contributed by atoms with Crippen molar-refractivity contribution < 1.29 is 0 Å². The van der Waals surface area contributed by atoms with Crippen LogP contribution in [0.25, 0.3) is 11.0 Å². The van der Waals surface area contributed by atoms with Crippen LogP contribution in [0.3, 0.4) is 0 Å². The molecular weight excluding hydrogens is 298 g/mol. The minimum absolute atomic E-state index is 0.970. The smallest absolute Gasteiger partial charge is 0.128 e. The fourth-order valence-electron chi connectivity index (χ4n) is 3.30. The molecule has 1 fully saturated rings. The number of aromatic nitrogens is 3. The highest BCUT2D eigenvalue weighted by Gasteiger charge is 2.17. The van der Waals surface area contributed by atoms with Crippen LogP contribution in [0.2, 0.25) is 0 Å². The first-order valence-corrected chi connectivity index (χ1v) is 8.61. The van der Waals surface area contributed by atoms with Gasteiger partial charge in [0.1, 0.15) is 11.6 Å². The quantitative estimate of drug-likeness (QED) is 0.802. The average molecular weight is 321 g/mol. The van der Waals surface area contributed by atoms with Gasteiger partial charge in [-0.3, -0.25) is 4.90 Å². The second-order valence-corrected chi connectivity index (χ2v) is 6.47. The number of imidazole rings is 1. The van der Waals surface area contributed by atoms with Crippen molar-refractivity contribution in [2.75, 3.05) is 37.6 Å². The Hall–Kier alpha value is -2.40. The summed E-state index contributed by atoms with van der Waals surface area (Å²) in [7, 11) is 0. The number of hydrogen-bond acceptors (Lipinski definition) is 4. The van der Waals surface area contributed by atoms with E-state index in [1.165, 1.54) is 5.56 Å². The van der Waals surface area contributed by atoms with E-state index in [0.717, 1.165) is 61.8 Å². The highest BCUT2D eigenvalue weighted by atomic mass is 15.3. The monoisotopic (exact) mass is 321 g/mol. The number of fused-ring (bicyclic) bond motifs is 1. The number of hydrogen-bond donors (Lipinski definition) is 1. The van der Waals surface area contributed by atoms with Crippen molar-refractivity contribution >= 4 is 16.9 Å². The molecule has 1 aliphatic heterocycles. The van der Waals surface area contributed by atoms with Gasteiger partial charge >= 0.3 is 0 Å². The number of rotatable bonds is 4. The SMILES string of the molecule is Cc1ccc2nc(CCN3CCN(c4ccccn4)CC3)[nH]c2c1. The zero-order valence-corrected chi connectivity index (χ0v) is 14.1. The lowest BCUT2D eigenvalue weighted by atomic mass is 10.2. The van der Waals surface area contributed by atoms with Gasteiger partial charge in [-0.2, -0.15) is 0 Å². The van der Waals surface area contributed by atoms with Crippen LogP contribution in [0, 0.1) is 6.92 Å². The van der Waals surface area contributed by atoms with Crippen LogP contribution >= 0.6 is 0 Å². The fourth-order valence-corrected chi connectivity index (χ4v) is 3.30. The topological polar surface area (TPSA) is 48.1 Å². The summed E-state index contributed by atoms with van der Waals surface area (Å²) in [5, 5.41) is 0. The van der Waals surface area contributed by atoms with Gasteiger partial charge in [0.25, 0.3) is 0 Å². The van der Waals surface area contributed by atoms with Crippen LogP contribution in [0.1, 0.15) is 11.4 Å². The normalized spacial score (nSPS) is 16.0. The van der Waals surface area contributed by atoms with Gasteiger partial charge in [-0.05, 0) is 36.8 Å². The third-order valence-corrected chi connectivity index (χ3v) is 4.70. The Kier molecular flexibility index (Phi) is 4.17. The molecule has 4 rings (SSSR count). The van der Waals surface area contributed by atoms with E-state index in [1.54, 1.807) is 0 Å². The van der Waals surface area contributed by atoms with Crippen molar-refractivity contribution in [3.63, 3.8) is 0 Å². The maximum Gasteiger partial charge on any atom is 0.128 e. The van der Waals surface area contributed by atoms with Crippen molar-refractivity contribution in [1.29, 1.82) is 0 Å². The van der Waals surface area contributed by atoms with Gasteiger partial charge in [0.2, 0.25) is 0 Å². The van der Waals surface area contributed by atoms with Crippen LogP contribution in [0.5, 0.6) is 0 Å². The Morgan fingerprint density at radius 3 is 2.75 bits per heavy atom. The molecule has 0 aliphatic carbocycles. The summed E-state index contributed by atoms with van der Waals surface area (Å²) >= 11 is 0. The molecule has 1 N–H and O–H groups in total. The second kappa shape index (κ2) is 6.61. The van der Waals surface area contributed by atoms with E-state index in [4.69, 9.17) is 4.98 Å². The van der Waals surface area contributed by atoms with E-state index < -0.39 is 0 Å². The molecule has 2 aromatic heterocycles. The Morgan fingerprint density at radius 1 is 1.08 bits per heavy atom. The summed E-state index contributed by atoms with van der Waals surface area (Å²) in [6.07, 6.45) is 2.84. The second-order valence-electron chi connectivity index (χ2n) is 6.47. The number of benzene rings is 1. The van der Waals surface area contributed by atoms with Crippen LogP contribution in [-0.2, 0) is 6.42 Å². The molecule has 1 aromatic carbocycles. The number of anilines is 1. The molecule has 5 heteroatoms. The van der Waals surface area contributed by atoms with Crippen molar-refractivity contribution in [3.8, 4) is 0 Å². The van der Waals surface area contributed by atoms with Crippen molar-refractivity contribution in [1.82, 2.24) is 19.9 Å². The maximum absolute atomic E-state index is 4.70. The molecule has 5 nitrogen and oxygen atoms in total. The van der Waals surface area contributed by atoms with Crippen LogP contribution < -0.4 is 4.90 Å². The van der Waals surface area contributed by atoms with E-state index in [9.17, 15) is 0 Å². The van der Waals surface area contributed by atoms with Crippen molar-refractivity contribution in [2.24, 2.45) is 0 Å². The third kappa shape index (κ3) is 3.26. The molecular formula is C19H23N5. The predicted molar refractivity (Wildman–Crippen MR) is 97.4 cm³/mol. The maximum atomic E-state index is 4.70. The largest absolute Gasteiger partial charge is 0.354 e. The van der Waals surface area contributed by atoms with Crippen molar-refractivity contribution in [3.05, 3.63) is 54.0 Å². The fraction of sp³-hybridized carbons (Fsp3) is 0.368. The summed E-state index contributed by atoms with van der Waals surface area (Å²) in [5.41, 5.74) is 3.48. The van der Waals surface area contributed by atoms with Gasteiger partial charge in [0, 0.05) is 45.3 Å². The number of piperazine rings is 1. The molecule has 1 saturated heterocycles. The molecule has 0 atom stereocenters. The molecule has 0 saturated carbocycles. The molecule has 3 aromatic rings. The Labute approximate surface area is 142 Å². The molecule has 24 heavy (non-hydrogen) atoms. The van der Waals surface area contributed by atoms with Crippen molar-refractivity contribution in [2.45, 2.75) is 13.3 Å². The van der Waals surface area contributed by atoms with Gasteiger partial charge in [0.05, 0.1) is 11.0 Å². The number of pyridine rings is 1. The van der Waals surface area contributed by atoms with Crippen LogP contribution in [-0.4, -0.2) is 52.6 Å². The molecule has 124 valence electrons. The van der Waals surface area contributed by atoms with Crippen LogP contribution in [0.4, 0.5) is 5.82 Å². The lowest BCUT2D eigenvalue weighted by molar-refractivity contribution is 0.259. The lowest BCUT2D eigenvalue weighted by Crippen LogP contribution is -2.47. The number of aromatic amines is 1. The summed E-state index contributed by atoms with van der Waals surface area (Å²) in [6.45, 7) is 7.40.